The van der Waals surface area contributed by atoms with E-state index in [9.17, 15) is 8.42 Å². The van der Waals surface area contributed by atoms with Crippen molar-refractivity contribution in [2.45, 2.75) is 18.0 Å². The largest absolute Gasteiger partial charge is 0.497 e. The molecule has 0 spiro atoms. The van der Waals surface area contributed by atoms with Gasteiger partial charge in [-0.25, -0.2) is 8.42 Å². The lowest BCUT2D eigenvalue weighted by atomic mass is 10.2. The van der Waals surface area contributed by atoms with Crippen molar-refractivity contribution in [2.75, 3.05) is 34.6 Å². The van der Waals surface area contributed by atoms with Crippen LogP contribution in [-0.4, -0.2) is 53.8 Å². The van der Waals surface area contributed by atoms with Gasteiger partial charge in [0.15, 0.2) is 15.8 Å². The second kappa shape index (κ2) is 11.2. The first kappa shape index (κ1) is 25.0. The summed E-state index contributed by atoms with van der Waals surface area (Å²) in [6, 6.07) is 12.5. The monoisotopic (exact) mass is 533 g/mol. The van der Waals surface area contributed by atoms with Crippen LogP contribution in [0.1, 0.15) is 11.1 Å². The fraction of sp³-hybridized carbons (Fsp3) is 0.350. The zero-order valence-corrected chi connectivity index (χ0v) is 20.4. The Labute approximate surface area is 190 Å². The summed E-state index contributed by atoms with van der Waals surface area (Å²) in [4.78, 5) is 6.61. The zero-order chi connectivity index (χ0) is 20.7. The van der Waals surface area contributed by atoms with Crippen molar-refractivity contribution in [1.82, 2.24) is 10.2 Å². The van der Waals surface area contributed by atoms with Crippen LogP contribution in [0.3, 0.4) is 0 Å². The number of nitrogens with one attached hydrogen (secondary N) is 1. The molecule has 0 radical (unpaired) electrons. The Morgan fingerprint density at radius 2 is 1.76 bits per heavy atom. The second-order valence-corrected chi connectivity index (χ2v) is 8.37. The quantitative estimate of drug-likeness (QED) is 0.335. The highest BCUT2D eigenvalue weighted by Crippen LogP contribution is 2.25. The lowest BCUT2D eigenvalue weighted by Crippen LogP contribution is -2.38. The van der Waals surface area contributed by atoms with E-state index >= 15 is 0 Å². The Balaban J connectivity index is 0.00000420. The van der Waals surface area contributed by atoms with Crippen LogP contribution in [0.15, 0.2) is 52.4 Å². The molecule has 0 aromatic heterocycles. The van der Waals surface area contributed by atoms with Crippen molar-refractivity contribution < 1.29 is 17.9 Å². The highest BCUT2D eigenvalue weighted by atomic mass is 127. The predicted octanol–water partition coefficient (Wildman–Crippen LogP) is 2.93. The number of guanidine groups is 1. The van der Waals surface area contributed by atoms with E-state index in [4.69, 9.17) is 9.47 Å². The van der Waals surface area contributed by atoms with Crippen LogP contribution in [0.2, 0.25) is 0 Å². The van der Waals surface area contributed by atoms with Crippen molar-refractivity contribution in [3.8, 4) is 11.5 Å². The van der Waals surface area contributed by atoms with Crippen molar-refractivity contribution in [2.24, 2.45) is 4.99 Å². The minimum atomic E-state index is -3.19. The summed E-state index contributed by atoms with van der Waals surface area (Å²) in [7, 11) is 3.72. The van der Waals surface area contributed by atoms with Gasteiger partial charge >= 0.3 is 0 Å². The first-order valence-electron chi connectivity index (χ1n) is 8.70. The van der Waals surface area contributed by atoms with E-state index in [0.717, 1.165) is 22.6 Å². The minimum absolute atomic E-state index is 0. The van der Waals surface area contributed by atoms with Crippen LogP contribution in [-0.2, 0) is 22.9 Å². The molecule has 0 aliphatic carbocycles. The van der Waals surface area contributed by atoms with Gasteiger partial charge in [-0.3, -0.25) is 4.99 Å². The van der Waals surface area contributed by atoms with Crippen LogP contribution in [0.5, 0.6) is 11.5 Å². The van der Waals surface area contributed by atoms with Gasteiger partial charge in [-0.15, -0.1) is 24.0 Å². The van der Waals surface area contributed by atoms with E-state index in [0.29, 0.717) is 23.9 Å². The lowest BCUT2D eigenvalue weighted by Gasteiger charge is -2.23. The first-order chi connectivity index (χ1) is 13.3. The molecule has 0 saturated heterocycles. The maximum atomic E-state index is 11.6. The first-order valence-corrected chi connectivity index (χ1v) is 10.6. The van der Waals surface area contributed by atoms with Gasteiger partial charge in [0.1, 0.15) is 11.5 Å². The molecule has 0 atom stereocenters. The fourth-order valence-corrected chi connectivity index (χ4v) is 3.36. The summed E-state index contributed by atoms with van der Waals surface area (Å²) < 4.78 is 33.8. The van der Waals surface area contributed by atoms with Gasteiger partial charge < -0.3 is 19.7 Å². The van der Waals surface area contributed by atoms with Crippen molar-refractivity contribution in [3.05, 3.63) is 53.6 Å². The van der Waals surface area contributed by atoms with Crippen LogP contribution >= 0.6 is 24.0 Å². The summed E-state index contributed by atoms with van der Waals surface area (Å²) in [5, 5.41) is 3.28. The summed E-state index contributed by atoms with van der Waals surface area (Å²) in [6.07, 6.45) is 1.20. The Kier molecular flexibility index (Phi) is 9.71. The molecule has 2 aromatic carbocycles. The van der Waals surface area contributed by atoms with E-state index in [1.807, 2.05) is 30.1 Å². The minimum Gasteiger partial charge on any atom is -0.497 e. The van der Waals surface area contributed by atoms with Gasteiger partial charge in [0.2, 0.25) is 0 Å². The molecule has 0 aliphatic heterocycles. The predicted molar refractivity (Wildman–Crippen MR) is 126 cm³/mol. The number of aliphatic imine (C=N–C) groups is 1. The molecule has 0 amide bonds. The Bertz CT molecular complexity index is 931. The zero-order valence-electron chi connectivity index (χ0n) is 17.3. The van der Waals surface area contributed by atoms with Gasteiger partial charge in [-0.2, -0.15) is 0 Å². The molecule has 0 bridgehead atoms. The highest BCUT2D eigenvalue weighted by Gasteiger charge is 2.12. The van der Waals surface area contributed by atoms with Crippen LogP contribution < -0.4 is 14.8 Å². The molecule has 7 nitrogen and oxygen atoms in total. The fourth-order valence-electron chi connectivity index (χ4n) is 2.73. The third-order valence-corrected chi connectivity index (χ3v) is 5.41. The number of ether oxygens (including phenoxy) is 2. The van der Waals surface area contributed by atoms with E-state index in [2.05, 4.69) is 10.3 Å². The third-order valence-electron chi connectivity index (χ3n) is 4.28. The van der Waals surface area contributed by atoms with E-state index in [-0.39, 0.29) is 24.0 Å². The van der Waals surface area contributed by atoms with Crippen molar-refractivity contribution in [1.29, 1.82) is 0 Å². The normalized spacial score (nSPS) is 11.4. The molecule has 160 valence electrons. The van der Waals surface area contributed by atoms with Crippen LogP contribution in [0.25, 0.3) is 0 Å². The van der Waals surface area contributed by atoms with Gasteiger partial charge in [0.25, 0.3) is 0 Å². The highest BCUT2D eigenvalue weighted by molar-refractivity contribution is 14.0. The van der Waals surface area contributed by atoms with Crippen molar-refractivity contribution in [3.63, 3.8) is 0 Å². The Hall–Kier alpha value is -2.01. The van der Waals surface area contributed by atoms with E-state index in [1.54, 1.807) is 45.5 Å². The summed E-state index contributed by atoms with van der Waals surface area (Å²) in [6.45, 7) is 1.13. The molecule has 0 aliphatic rings. The molecule has 0 unspecified atom stereocenters. The SMILES string of the molecule is CN=C(NCc1ccc(S(C)(=O)=O)cc1)N(C)Cc1ccc(OC)cc1OC.I. The lowest BCUT2D eigenvalue weighted by molar-refractivity contribution is 0.382. The molecule has 2 aromatic rings. The number of hydrogen-bond acceptors (Lipinski definition) is 5. The number of sulfone groups is 1. The van der Waals surface area contributed by atoms with Gasteiger partial charge in [-0.1, -0.05) is 12.1 Å². The maximum Gasteiger partial charge on any atom is 0.193 e. The maximum absolute atomic E-state index is 11.6. The summed E-state index contributed by atoms with van der Waals surface area (Å²) >= 11 is 0. The number of methoxy groups -OCH3 is 2. The smallest absolute Gasteiger partial charge is 0.193 e. The van der Waals surface area contributed by atoms with Gasteiger partial charge in [0, 0.05) is 45.1 Å². The second-order valence-electron chi connectivity index (χ2n) is 6.35. The summed E-state index contributed by atoms with van der Waals surface area (Å²) in [5.74, 6) is 2.20. The summed E-state index contributed by atoms with van der Waals surface area (Å²) in [5.41, 5.74) is 1.97. The number of hydrogen-bond donors (Lipinski definition) is 1. The third kappa shape index (κ3) is 7.07. The topological polar surface area (TPSA) is 80.2 Å². The van der Waals surface area contributed by atoms with Crippen LogP contribution in [0.4, 0.5) is 0 Å². The molecule has 9 heteroatoms. The number of rotatable bonds is 7. The Morgan fingerprint density at radius 1 is 1.10 bits per heavy atom. The number of nitrogens with zero attached hydrogens (tertiary/aromatic N) is 2. The van der Waals surface area contributed by atoms with Crippen LogP contribution in [0, 0.1) is 0 Å². The molecule has 0 saturated carbocycles. The standard InChI is InChI=1S/C20H27N3O4S.HI/c1-21-20(22-13-15-6-10-18(11-7-15)28(5,24)25)23(2)14-16-8-9-17(26-3)12-19(16)27-4;/h6-12H,13-14H2,1-5H3,(H,21,22);1H. The van der Waals surface area contributed by atoms with E-state index < -0.39 is 9.84 Å². The molecule has 1 N–H and O–H groups in total. The number of benzene rings is 2. The van der Waals surface area contributed by atoms with E-state index in [1.165, 1.54) is 6.26 Å². The molecule has 29 heavy (non-hydrogen) atoms. The molecule has 2 rings (SSSR count). The average molecular weight is 533 g/mol. The molecule has 0 fully saturated rings. The average Bonchev–Trinajstić information content (AvgIpc) is 2.68. The Morgan fingerprint density at radius 3 is 2.28 bits per heavy atom. The van der Waals surface area contributed by atoms with Gasteiger partial charge in [-0.05, 0) is 29.8 Å². The van der Waals surface area contributed by atoms with Gasteiger partial charge in [0.05, 0.1) is 19.1 Å². The molecular weight excluding hydrogens is 505 g/mol. The number of halogens is 1. The molecule has 0 heterocycles. The molecular formula is C20H28IN3O4S. The van der Waals surface area contributed by atoms with Crippen molar-refractivity contribution >= 4 is 39.8 Å².